The second-order valence-electron chi connectivity index (χ2n) is 8.50. The summed E-state index contributed by atoms with van der Waals surface area (Å²) >= 11 is 1.01. The number of carbonyl (C=O) groups excluding carboxylic acids is 1. The quantitative estimate of drug-likeness (QED) is 0.286. The minimum absolute atomic E-state index is 0.0126. The number of nitrogens with zero attached hydrogens (tertiary/aromatic N) is 1. The number of hydrogen-bond acceptors (Lipinski definition) is 7. The Kier molecular flexibility index (Phi) is 8.38. The van der Waals surface area contributed by atoms with E-state index in [2.05, 4.69) is 10.0 Å². The molecule has 200 valence electrons. The third-order valence-corrected chi connectivity index (χ3v) is 8.27. The molecule has 11 heteroatoms. The monoisotopic (exact) mass is 555 g/mol. The number of thiazole rings is 1. The first-order valence-electron chi connectivity index (χ1n) is 12.0. The molecule has 0 unspecified atom stereocenters. The Bertz CT molecular complexity index is 1630. The minimum atomic E-state index is -4.01. The van der Waals surface area contributed by atoms with Gasteiger partial charge in [0.25, 0.3) is 15.9 Å². The first-order chi connectivity index (χ1) is 18.3. The van der Waals surface area contributed by atoms with E-state index in [-0.39, 0.29) is 21.0 Å². The van der Waals surface area contributed by atoms with E-state index >= 15 is 0 Å². The largest absolute Gasteiger partial charge is 0.493 e. The van der Waals surface area contributed by atoms with E-state index in [0.717, 1.165) is 23.3 Å². The molecule has 0 atom stereocenters. The zero-order valence-corrected chi connectivity index (χ0v) is 22.9. The standard InChI is InChI=1S/C27H29N3O6S2/c1-4-15-30-22-11-10-19(17-25(22)37-27(30)32)38(33,34)29-21-8-6-5-7-20(21)26(31)28-14-13-18-9-12-23(35-2)24(16-18)36-3/h5-12,16-17,29H,4,13-15H2,1-3H3,(H,28,31). The van der Waals surface area contributed by atoms with Gasteiger partial charge in [0.15, 0.2) is 11.5 Å². The molecule has 4 aromatic rings. The SMILES string of the molecule is CCCn1c(=O)sc2cc(S(=O)(=O)Nc3ccccc3C(=O)NCCc3ccc(OC)c(OC)c3)ccc21. The van der Waals surface area contributed by atoms with Crippen molar-refractivity contribution in [3.05, 3.63) is 81.5 Å². The molecule has 3 aromatic carbocycles. The molecule has 0 radical (unpaired) electrons. The van der Waals surface area contributed by atoms with Crippen molar-refractivity contribution in [2.24, 2.45) is 0 Å². The maximum Gasteiger partial charge on any atom is 0.308 e. The third kappa shape index (κ3) is 5.84. The number of aromatic nitrogens is 1. The fraction of sp³-hybridized carbons (Fsp3) is 0.259. The zero-order valence-electron chi connectivity index (χ0n) is 21.3. The highest BCUT2D eigenvalue weighted by molar-refractivity contribution is 7.92. The van der Waals surface area contributed by atoms with Crippen LogP contribution in [0, 0.1) is 0 Å². The number of para-hydroxylation sites is 1. The van der Waals surface area contributed by atoms with E-state index in [0.29, 0.717) is 41.2 Å². The van der Waals surface area contributed by atoms with Gasteiger partial charge in [0, 0.05) is 13.1 Å². The lowest BCUT2D eigenvalue weighted by molar-refractivity contribution is 0.0955. The summed E-state index contributed by atoms with van der Waals surface area (Å²) in [6.07, 6.45) is 1.33. The average Bonchev–Trinajstić information content (AvgIpc) is 3.22. The molecule has 1 aromatic heterocycles. The smallest absolute Gasteiger partial charge is 0.308 e. The van der Waals surface area contributed by atoms with Gasteiger partial charge in [-0.25, -0.2) is 8.42 Å². The maximum atomic E-state index is 13.2. The number of anilines is 1. The molecule has 0 aliphatic carbocycles. The van der Waals surface area contributed by atoms with Crippen molar-refractivity contribution in [1.82, 2.24) is 9.88 Å². The Hall–Kier alpha value is -3.83. The summed E-state index contributed by atoms with van der Waals surface area (Å²) in [5, 5.41) is 2.84. The van der Waals surface area contributed by atoms with Gasteiger partial charge in [-0.2, -0.15) is 0 Å². The summed E-state index contributed by atoms with van der Waals surface area (Å²) in [7, 11) is -0.892. The van der Waals surface area contributed by atoms with Gasteiger partial charge in [-0.15, -0.1) is 0 Å². The second-order valence-corrected chi connectivity index (χ2v) is 11.2. The number of amides is 1. The normalized spacial score (nSPS) is 11.3. The lowest BCUT2D eigenvalue weighted by Gasteiger charge is -2.13. The Morgan fingerprint density at radius 3 is 2.50 bits per heavy atom. The number of methoxy groups -OCH3 is 2. The number of fused-ring (bicyclic) bond motifs is 1. The van der Waals surface area contributed by atoms with Crippen LogP contribution in [0.4, 0.5) is 5.69 Å². The van der Waals surface area contributed by atoms with Gasteiger partial charge < -0.3 is 14.8 Å². The van der Waals surface area contributed by atoms with Crippen LogP contribution in [0.25, 0.3) is 10.2 Å². The first-order valence-corrected chi connectivity index (χ1v) is 14.3. The molecule has 38 heavy (non-hydrogen) atoms. The number of benzene rings is 3. The van der Waals surface area contributed by atoms with E-state index in [1.165, 1.54) is 18.2 Å². The topological polar surface area (TPSA) is 116 Å². The van der Waals surface area contributed by atoms with Crippen LogP contribution in [-0.4, -0.2) is 39.7 Å². The van der Waals surface area contributed by atoms with Gasteiger partial charge in [-0.05, 0) is 60.9 Å². The molecular weight excluding hydrogens is 526 g/mol. The molecule has 0 aliphatic heterocycles. The summed E-state index contributed by atoms with van der Waals surface area (Å²) in [4.78, 5) is 25.1. The van der Waals surface area contributed by atoms with Gasteiger partial charge in [0.05, 0.1) is 40.6 Å². The number of rotatable bonds is 11. The van der Waals surface area contributed by atoms with Gasteiger partial charge in [-0.1, -0.05) is 36.5 Å². The lowest BCUT2D eigenvalue weighted by Crippen LogP contribution is -2.27. The molecule has 0 saturated heterocycles. The van der Waals surface area contributed by atoms with E-state index in [1.807, 2.05) is 19.1 Å². The van der Waals surface area contributed by atoms with E-state index in [9.17, 15) is 18.0 Å². The van der Waals surface area contributed by atoms with Crippen molar-refractivity contribution in [3.8, 4) is 11.5 Å². The Balaban J connectivity index is 1.49. The van der Waals surface area contributed by atoms with Crippen molar-refractivity contribution >= 4 is 43.2 Å². The fourth-order valence-corrected chi connectivity index (χ4v) is 6.21. The number of carbonyl (C=O) groups is 1. The van der Waals surface area contributed by atoms with Crippen LogP contribution < -0.4 is 24.4 Å². The first kappa shape index (κ1) is 27.2. The molecule has 1 amide bonds. The van der Waals surface area contributed by atoms with E-state index in [1.54, 1.807) is 49.1 Å². The molecule has 0 fully saturated rings. The molecule has 2 N–H and O–H groups in total. The molecule has 4 rings (SSSR count). The fourth-order valence-electron chi connectivity index (χ4n) is 4.07. The highest BCUT2D eigenvalue weighted by Gasteiger charge is 2.20. The highest BCUT2D eigenvalue weighted by atomic mass is 32.2. The Morgan fingerprint density at radius 2 is 1.76 bits per heavy atom. The molecule has 9 nitrogen and oxygen atoms in total. The van der Waals surface area contributed by atoms with Crippen molar-refractivity contribution in [2.45, 2.75) is 31.2 Å². The summed E-state index contributed by atoms with van der Waals surface area (Å²) in [6, 6.07) is 16.5. The maximum absolute atomic E-state index is 13.2. The van der Waals surface area contributed by atoms with Crippen LogP contribution in [0.1, 0.15) is 29.3 Å². The van der Waals surface area contributed by atoms with Crippen molar-refractivity contribution < 1.29 is 22.7 Å². The van der Waals surface area contributed by atoms with Crippen LogP contribution >= 0.6 is 11.3 Å². The van der Waals surface area contributed by atoms with Crippen molar-refractivity contribution in [2.75, 3.05) is 25.5 Å². The summed E-state index contributed by atoms with van der Waals surface area (Å²) < 4.78 is 41.7. The predicted octanol–water partition coefficient (Wildman–Crippen LogP) is 4.26. The van der Waals surface area contributed by atoms with Crippen LogP contribution in [0.15, 0.2) is 70.4 Å². The summed E-state index contributed by atoms with van der Waals surface area (Å²) in [5.41, 5.74) is 2.01. The third-order valence-electron chi connectivity index (χ3n) is 5.96. The minimum Gasteiger partial charge on any atom is -0.493 e. The summed E-state index contributed by atoms with van der Waals surface area (Å²) in [5.74, 6) is 0.811. The van der Waals surface area contributed by atoms with Crippen LogP contribution in [0.2, 0.25) is 0 Å². The second kappa shape index (κ2) is 11.7. The van der Waals surface area contributed by atoms with Gasteiger partial charge in [0.1, 0.15) is 0 Å². The zero-order chi connectivity index (χ0) is 27.3. The van der Waals surface area contributed by atoms with Crippen molar-refractivity contribution in [1.29, 1.82) is 0 Å². The van der Waals surface area contributed by atoms with Crippen LogP contribution in [0.5, 0.6) is 11.5 Å². The van der Waals surface area contributed by atoms with E-state index < -0.39 is 15.9 Å². The van der Waals surface area contributed by atoms with Gasteiger partial charge in [-0.3, -0.25) is 18.9 Å². The van der Waals surface area contributed by atoms with E-state index in [4.69, 9.17) is 9.47 Å². The molecule has 1 heterocycles. The number of aryl methyl sites for hydroxylation is 1. The average molecular weight is 556 g/mol. The lowest BCUT2D eigenvalue weighted by atomic mass is 10.1. The highest BCUT2D eigenvalue weighted by Crippen LogP contribution is 2.28. The molecular formula is C27H29N3O6S2. The summed E-state index contributed by atoms with van der Waals surface area (Å²) in [6.45, 7) is 2.87. The number of hydrogen-bond donors (Lipinski definition) is 2. The molecule has 0 spiro atoms. The van der Waals surface area contributed by atoms with Gasteiger partial charge >= 0.3 is 4.87 Å². The van der Waals surface area contributed by atoms with Crippen molar-refractivity contribution in [3.63, 3.8) is 0 Å². The number of sulfonamides is 1. The van der Waals surface area contributed by atoms with Gasteiger partial charge in [0.2, 0.25) is 0 Å². The molecule has 0 saturated carbocycles. The molecule has 0 bridgehead atoms. The Morgan fingerprint density at radius 1 is 1.00 bits per heavy atom. The molecule has 0 aliphatic rings. The van der Waals surface area contributed by atoms with Crippen LogP contribution in [-0.2, 0) is 23.0 Å². The van der Waals surface area contributed by atoms with Crippen LogP contribution in [0.3, 0.4) is 0 Å². The Labute approximate surface area is 225 Å². The number of nitrogens with one attached hydrogen (secondary N) is 2. The number of ether oxygens (including phenoxy) is 2. The predicted molar refractivity (Wildman–Crippen MR) is 149 cm³/mol.